The molecule has 134 valence electrons. The summed E-state index contributed by atoms with van der Waals surface area (Å²) in [6, 6.07) is 12.8. The Bertz CT molecular complexity index is 916. The molecule has 26 heavy (non-hydrogen) atoms. The van der Waals surface area contributed by atoms with Crippen molar-refractivity contribution in [3.8, 4) is 17.0 Å². The lowest BCUT2D eigenvalue weighted by molar-refractivity contribution is 0.209. The van der Waals surface area contributed by atoms with E-state index in [0.29, 0.717) is 11.8 Å². The standard InChI is InChI=1S/C22H25N3O/c1-15-3-4-18(11-16(15)2)19-5-6-20-21(12-19)25-22(13-24-20)26-14-17-7-9-23-10-8-17/h3-6,11-13,17,23H,7-10,14H2,1-2H3. The molecule has 0 bridgehead atoms. The summed E-state index contributed by atoms with van der Waals surface area (Å²) in [5.74, 6) is 1.23. The van der Waals surface area contributed by atoms with Gasteiger partial charge in [0.2, 0.25) is 5.88 Å². The minimum Gasteiger partial charge on any atom is -0.476 e. The van der Waals surface area contributed by atoms with Crippen LogP contribution in [0.2, 0.25) is 0 Å². The Kier molecular flexibility index (Phi) is 4.85. The normalized spacial score (nSPS) is 15.3. The van der Waals surface area contributed by atoms with Crippen LogP contribution in [-0.2, 0) is 0 Å². The minimum absolute atomic E-state index is 0.607. The highest BCUT2D eigenvalue weighted by molar-refractivity contribution is 5.81. The Morgan fingerprint density at radius 3 is 2.54 bits per heavy atom. The maximum Gasteiger partial charge on any atom is 0.232 e. The molecule has 0 unspecified atom stereocenters. The van der Waals surface area contributed by atoms with Crippen molar-refractivity contribution in [3.63, 3.8) is 0 Å². The van der Waals surface area contributed by atoms with Crippen LogP contribution in [0.1, 0.15) is 24.0 Å². The lowest BCUT2D eigenvalue weighted by Crippen LogP contribution is -2.30. The Labute approximate surface area is 154 Å². The van der Waals surface area contributed by atoms with Crippen molar-refractivity contribution in [2.75, 3.05) is 19.7 Å². The largest absolute Gasteiger partial charge is 0.476 e. The molecule has 3 aromatic rings. The van der Waals surface area contributed by atoms with E-state index in [1.807, 2.05) is 6.07 Å². The first-order chi connectivity index (χ1) is 12.7. The van der Waals surface area contributed by atoms with Gasteiger partial charge in [0.05, 0.1) is 23.8 Å². The average Bonchev–Trinajstić information content (AvgIpc) is 2.68. The number of rotatable bonds is 4. The average molecular weight is 347 g/mol. The molecular weight excluding hydrogens is 322 g/mol. The van der Waals surface area contributed by atoms with Crippen molar-refractivity contribution in [2.24, 2.45) is 5.92 Å². The molecular formula is C22H25N3O. The fourth-order valence-electron chi connectivity index (χ4n) is 3.42. The van der Waals surface area contributed by atoms with E-state index in [2.05, 4.69) is 59.5 Å². The second kappa shape index (κ2) is 7.42. The van der Waals surface area contributed by atoms with Crippen molar-refractivity contribution in [2.45, 2.75) is 26.7 Å². The van der Waals surface area contributed by atoms with Crippen LogP contribution in [0.3, 0.4) is 0 Å². The Morgan fingerprint density at radius 1 is 0.962 bits per heavy atom. The number of benzene rings is 2. The molecule has 0 spiro atoms. The van der Waals surface area contributed by atoms with E-state index in [1.54, 1.807) is 6.20 Å². The van der Waals surface area contributed by atoms with Crippen LogP contribution < -0.4 is 10.1 Å². The summed E-state index contributed by atoms with van der Waals surface area (Å²) in [5.41, 5.74) is 6.74. The molecule has 4 heteroatoms. The van der Waals surface area contributed by atoms with Gasteiger partial charge < -0.3 is 10.1 Å². The first kappa shape index (κ1) is 17.0. The number of aromatic nitrogens is 2. The van der Waals surface area contributed by atoms with Crippen LogP contribution in [0, 0.1) is 19.8 Å². The zero-order valence-electron chi connectivity index (χ0n) is 15.5. The van der Waals surface area contributed by atoms with Gasteiger partial charge in [0.15, 0.2) is 0 Å². The van der Waals surface area contributed by atoms with Gasteiger partial charge in [0.1, 0.15) is 0 Å². The lowest BCUT2D eigenvalue weighted by atomic mass is 9.99. The molecule has 1 N–H and O–H groups in total. The topological polar surface area (TPSA) is 47.0 Å². The van der Waals surface area contributed by atoms with Gasteiger partial charge >= 0.3 is 0 Å². The number of hydrogen-bond donors (Lipinski definition) is 1. The summed E-state index contributed by atoms with van der Waals surface area (Å²) < 4.78 is 5.93. The highest BCUT2D eigenvalue weighted by atomic mass is 16.5. The number of aryl methyl sites for hydroxylation is 2. The summed E-state index contributed by atoms with van der Waals surface area (Å²) in [6.45, 7) is 7.16. The second-order valence-electron chi connectivity index (χ2n) is 7.22. The molecule has 0 amide bonds. The number of fused-ring (bicyclic) bond motifs is 1. The zero-order chi connectivity index (χ0) is 17.9. The van der Waals surface area contributed by atoms with Crippen molar-refractivity contribution >= 4 is 11.0 Å². The first-order valence-electron chi connectivity index (χ1n) is 9.37. The highest BCUT2D eigenvalue weighted by Gasteiger charge is 2.14. The quantitative estimate of drug-likeness (QED) is 0.765. The Morgan fingerprint density at radius 2 is 1.73 bits per heavy atom. The van der Waals surface area contributed by atoms with Crippen molar-refractivity contribution < 1.29 is 4.74 Å². The van der Waals surface area contributed by atoms with Crippen LogP contribution in [0.4, 0.5) is 0 Å². The fourth-order valence-corrected chi connectivity index (χ4v) is 3.42. The monoisotopic (exact) mass is 347 g/mol. The highest BCUT2D eigenvalue weighted by Crippen LogP contribution is 2.26. The number of hydrogen-bond acceptors (Lipinski definition) is 4. The van der Waals surface area contributed by atoms with Gasteiger partial charge in [-0.2, -0.15) is 0 Å². The maximum absolute atomic E-state index is 5.93. The summed E-state index contributed by atoms with van der Waals surface area (Å²) in [5, 5.41) is 3.38. The molecule has 0 radical (unpaired) electrons. The minimum atomic E-state index is 0.607. The summed E-state index contributed by atoms with van der Waals surface area (Å²) in [4.78, 5) is 9.20. The molecule has 1 fully saturated rings. The van der Waals surface area contributed by atoms with E-state index in [9.17, 15) is 0 Å². The van der Waals surface area contributed by atoms with Gasteiger partial charge in [-0.05, 0) is 80.1 Å². The number of nitrogens with one attached hydrogen (secondary N) is 1. The number of nitrogens with zero attached hydrogens (tertiary/aromatic N) is 2. The summed E-state index contributed by atoms with van der Waals surface area (Å²) in [6.07, 6.45) is 4.06. The summed E-state index contributed by atoms with van der Waals surface area (Å²) in [7, 11) is 0. The van der Waals surface area contributed by atoms with Gasteiger partial charge in [-0.25, -0.2) is 9.97 Å². The third kappa shape index (κ3) is 3.70. The lowest BCUT2D eigenvalue weighted by Gasteiger charge is -2.22. The molecule has 0 saturated carbocycles. The molecule has 1 saturated heterocycles. The molecule has 1 aliphatic rings. The van der Waals surface area contributed by atoms with E-state index in [1.165, 1.54) is 16.7 Å². The van der Waals surface area contributed by atoms with Gasteiger partial charge in [-0.1, -0.05) is 24.3 Å². The third-order valence-corrected chi connectivity index (χ3v) is 5.29. The van der Waals surface area contributed by atoms with E-state index in [-0.39, 0.29) is 0 Å². The van der Waals surface area contributed by atoms with Gasteiger partial charge in [0, 0.05) is 0 Å². The summed E-state index contributed by atoms with van der Waals surface area (Å²) >= 11 is 0. The Hall–Kier alpha value is -2.46. The van der Waals surface area contributed by atoms with E-state index >= 15 is 0 Å². The maximum atomic E-state index is 5.93. The molecule has 1 aromatic heterocycles. The molecule has 1 aliphatic heterocycles. The van der Waals surface area contributed by atoms with E-state index < -0.39 is 0 Å². The van der Waals surface area contributed by atoms with Crippen molar-refractivity contribution in [3.05, 3.63) is 53.7 Å². The fraction of sp³-hybridized carbons (Fsp3) is 0.364. The molecule has 0 atom stereocenters. The van der Waals surface area contributed by atoms with Gasteiger partial charge in [-0.15, -0.1) is 0 Å². The zero-order valence-corrected chi connectivity index (χ0v) is 15.5. The van der Waals surface area contributed by atoms with E-state index in [0.717, 1.165) is 49.1 Å². The predicted octanol–water partition coefficient (Wildman–Crippen LogP) is 4.29. The number of piperidine rings is 1. The van der Waals surface area contributed by atoms with Crippen LogP contribution in [0.15, 0.2) is 42.6 Å². The predicted molar refractivity (Wildman–Crippen MR) is 106 cm³/mol. The van der Waals surface area contributed by atoms with Crippen LogP contribution in [0.25, 0.3) is 22.2 Å². The molecule has 4 rings (SSSR count). The molecule has 4 nitrogen and oxygen atoms in total. The SMILES string of the molecule is Cc1ccc(-c2ccc3ncc(OCC4CCNCC4)nc3c2)cc1C. The molecule has 0 aliphatic carbocycles. The van der Waals surface area contributed by atoms with Crippen LogP contribution >= 0.6 is 0 Å². The molecule has 2 heterocycles. The van der Waals surface area contributed by atoms with Crippen molar-refractivity contribution in [1.29, 1.82) is 0 Å². The smallest absolute Gasteiger partial charge is 0.232 e. The van der Waals surface area contributed by atoms with Crippen molar-refractivity contribution in [1.82, 2.24) is 15.3 Å². The van der Waals surface area contributed by atoms with Crippen LogP contribution in [0.5, 0.6) is 5.88 Å². The first-order valence-corrected chi connectivity index (χ1v) is 9.37. The Balaban J connectivity index is 1.56. The number of ether oxygens (including phenoxy) is 1. The van der Waals surface area contributed by atoms with Crippen LogP contribution in [-0.4, -0.2) is 29.7 Å². The van der Waals surface area contributed by atoms with Gasteiger partial charge in [-0.3, -0.25) is 0 Å². The van der Waals surface area contributed by atoms with Gasteiger partial charge in [0.25, 0.3) is 0 Å². The third-order valence-electron chi connectivity index (χ3n) is 5.29. The second-order valence-corrected chi connectivity index (χ2v) is 7.22. The van der Waals surface area contributed by atoms with E-state index in [4.69, 9.17) is 4.74 Å². The molecule has 2 aromatic carbocycles.